The molecular formula is C14H14F2N2. The Balaban J connectivity index is 2.56. The monoisotopic (exact) mass is 248 g/mol. The summed E-state index contributed by atoms with van der Waals surface area (Å²) in [5.41, 5.74) is 6.52. The molecule has 1 aromatic carbocycles. The lowest BCUT2D eigenvalue weighted by Gasteiger charge is -2.29. The summed E-state index contributed by atoms with van der Waals surface area (Å²) >= 11 is 0. The Morgan fingerprint density at radius 3 is 2.33 bits per heavy atom. The fraction of sp³-hybridized carbons (Fsp3) is 0.214. The second kappa shape index (κ2) is 4.82. The van der Waals surface area contributed by atoms with Gasteiger partial charge in [0.2, 0.25) is 0 Å². The maximum absolute atomic E-state index is 13.3. The molecule has 0 aliphatic carbocycles. The smallest absolute Gasteiger partial charge is 0.126 e. The molecule has 0 aliphatic heterocycles. The maximum Gasteiger partial charge on any atom is 0.126 e. The van der Waals surface area contributed by atoms with Crippen LogP contribution in [0.5, 0.6) is 0 Å². The van der Waals surface area contributed by atoms with Gasteiger partial charge in [-0.15, -0.1) is 0 Å². The largest absolute Gasteiger partial charge is 0.318 e. The highest BCUT2D eigenvalue weighted by molar-refractivity contribution is 5.36. The predicted octanol–water partition coefficient (Wildman–Crippen LogP) is 2.97. The van der Waals surface area contributed by atoms with Crippen molar-refractivity contribution in [1.82, 2.24) is 4.98 Å². The van der Waals surface area contributed by atoms with Gasteiger partial charge < -0.3 is 5.73 Å². The first kappa shape index (κ1) is 12.6. The lowest BCUT2D eigenvalue weighted by atomic mass is 9.82. The first-order valence-corrected chi connectivity index (χ1v) is 5.72. The van der Waals surface area contributed by atoms with Crippen LogP contribution in [0.1, 0.15) is 24.5 Å². The Labute approximate surface area is 104 Å². The summed E-state index contributed by atoms with van der Waals surface area (Å²) in [7, 11) is 0. The van der Waals surface area contributed by atoms with Crippen molar-refractivity contribution in [3.8, 4) is 0 Å². The second-order valence-electron chi connectivity index (χ2n) is 4.22. The third-order valence-corrected chi connectivity index (χ3v) is 3.11. The van der Waals surface area contributed by atoms with Crippen molar-refractivity contribution < 1.29 is 8.78 Å². The van der Waals surface area contributed by atoms with E-state index in [1.165, 1.54) is 12.1 Å². The molecule has 0 saturated carbocycles. The molecule has 4 heteroatoms. The van der Waals surface area contributed by atoms with Gasteiger partial charge in [0.25, 0.3) is 0 Å². The predicted molar refractivity (Wildman–Crippen MR) is 65.9 cm³/mol. The average molecular weight is 248 g/mol. The van der Waals surface area contributed by atoms with Gasteiger partial charge in [0.05, 0.1) is 5.54 Å². The quantitative estimate of drug-likeness (QED) is 0.907. The zero-order valence-electron chi connectivity index (χ0n) is 10.0. The van der Waals surface area contributed by atoms with Crippen molar-refractivity contribution >= 4 is 0 Å². The van der Waals surface area contributed by atoms with Crippen molar-refractivity contribution in [3.63, 3.8) is 0 Å². The highest BCUT2D eigenvalue weighted by Crippen LogP contribution is 2.30. The molecule has 2 nitrogen and oxygen atoms in total. The topological polar surface area (TPSA) is 38.9 Å². The number of nitrogens with zero attached hydrogens (tertiary/aromatic N) is 1. The normalized spacial score (nSPS) is 14.2. The van der Waals surface area contributed by atoms with Gasteiger partial charge in [0.15, 0.2) is 0 Å². The number of hydrogen-bond acceptors (Lipinski definition) is 2. The molecule has 1 heterocycles. The van der Waals surface area contributed by atoms with Crippen molar-refractivity contribution in [2.75, 3.05) is 0 Å². The average Bonchev–Trinajstić information content (AvgIpc) is 2.37. The van der Waals surface area contributed by atoms with Crippen molar-refractivity contribution in [2.24, 2.45) is 5.73 Å². The Morgan fingerprint density at radius 1 is 1.17 bits per heavy atom. The van der Waals surface area contributed by atoms with E-state index in [-0.39, 0.29) is 0 Å². The minimum Gasteiger partial charge on any atom is -0.318 e. The highest BCUT2D eigenvalue weighted by atomic mass is 19.1. The summed E-state index contributed by atoms with van der Waals surface area (Å²) in [6.45, 7) is 1.87. The molecule has 2 aromatic rings. The lowest BCUT2D eigenvalue weighted by Crippen LogP contribution is -2.37. The fourth-order valence-electron chi connectivity index (χ4n) is 2.01. The Morgan fingerprint density at radius 2 is 1.83 bits per heavy atom. The van der Waals surface area contributed by atoms with E-state index in [9.17, 15) is 8.78 Å². The summed E-state index contributed by atoms with van der Waals surface area (Å²) in [6, 6.07) is 6.92. The molecule has 2 N–H and O–H groups in total. The SMILES string of the molecule is CCC(N)(c1cccnc1)c1cc(F)cc(F)c1. The van der Waals surface area contributed by atoms with Gasteiger partial charge in [0.1, 0.15) is 11.6 Å². The molecule has 0 saturated heterocycles. The number of benzene rings is 1. The van der Waals surface area contributed by atoms with Crippen LogP contribution in [0.3, 0.4) is 0 Å². The van der Waals surface area contributed by atoms with Crippen LogP contribution in [0.4, 0.5) is 8.78 Å². The molecule has 18 heavy (non-hydrogen) atoms. The maximum atomic E-state index is 13.3. The van der Waals surface area contributed by atoms with Gasteiger partial charge in [-0.1, -0.05) is 13.0 Å². The van der Waals surface area contributed by atoms with E-state index in [4.69, 9.17) is 5.73 Å². The molecule has 1 unspecified atom stereocenters. The summed E-state index contributed by atoms with van der Waals surface area (Å²) < 4.78 is 26.6. The standard InChI is InChI=1S/C14H14F2N2/c1-2-14(17,10-4-3-5-18-9-10)11-6-12(15)8-13(16)7-11/h3-9H,2,17H2,1H3. The van der Waals surface area contributed by atoms with E-state index in [0.717, 1.165) is 11.6 Å². The van der Waals surface area contributed by atoms with Gasteiger partial charge in [-0.2, -0.15) is 0 Å². The molecule has 0 spiro atoms. The lowest BCUT2D eigenvalue weighted by molar-refractivity contribution is 0.500. The first-order chi connectivity index (χ1) is 8.56. The van der Waals surface area contributed by atoms with E-state index >= 15 is 0 Å². The molecule has 0 radical (unpaired) electrons. The Kier molecular flexibility index (Phi) is 3.39. The van der Waals surface area contributed by atoms with Crippen LogP contribution in [0.15, 0.2) is 42.7 Å². The van der Waals surface area contributed by atoms with Crippen LogP contribution in [0.25, 0.3) is 0 Å². The molecular weight excluding hydrogens is 234 g/mol. The van der Waals surface area contributed by atoms with Crippen LogP contribution in [0, 0.1) is 11.6 Å². The van der Waals surface area contributed by atoms with Crippen LogP contribution in [-0.2, 0) is 5.54 Å². The second-order valence-corrected chi connectivity index (χ2v) is 4.22. The summed E-state index contributed by atoms with van der Waals surface area (Å²) in [6.07, 6.45) is 3.76. The molecule has 0 bridgehead atoms. The van der Waals surface area contributed by atoms with Crippen molar-refractivity contribution in [1.29, 1.82) is 0 Å². The van der Waals surface area contributed by atoms with Gasteiger partial charge in [-0.3, -0.25) is 4.98 Å². The van der Waals surface area contributed by atoms with Gasteiger partial charge in [0, 0.05) is 18.5 Å². The van der Waals surface area contributed by atoms with Gasteiger partial charge >= 0.3 is 0 Å². The number of pyridine rings is 1. The summed E-state index contributed by atoms with van der Waals surface area (Å²) in [4.78, 5) is 4.00. The Hall–Kier alpha value is -1.81. The zero-order chi connectivity index (χ0) is 13.2. The molecule has 0 fully saturated rings. The van der Waals surface area contributed by atoms with E-state index in [1.807, 2.05) is 6.92 Å². The first-order valence-electron chi connectivity index (χ1n) is 5.72. The third-order valence-electron chi connectivity index (χ3n) is 3.11. The number of rotatable bonds is 3. The van der Waals surface area contributed by atoms with E-state index in [2.05, 4.69) is 4.98 Å². The molecule has 0 aliphatic rings. The minimum atomic E-state index is -0.933. The number of nitrogens with two attached hydrogens (primary N) is 1. The van der Waals surface area contributed by atoms with Crippen molar-refractivity contribution in [2.45, 2.75) is 18.9 Å². The molecule has 94 valence electrons. The van der Waals surface area contributed by atoms with Gasteiger partial charge in [-0.25, -0.2) is 8.78 Å². The Bertz CT molecular complexity index is 522. The molecule has 1 atom stereocenters. The van der Waals surface area contributed by atoms with Crippen LogP contribution >= 0.6 is 0 Å². The van der Waals surface area contributed by atoms with Crippen LogP contribution < -0.4 is 5.73 Å². The van der Waals surface area contributed by atoms with Gasteiger partial charge in [-0.05, 0) is 35.7 Å². The minimum absolute atomic E-state index is 0.413. The molecule has 0 amide bonds. The number of aromatic nitrogens is 1. The summed E-state index contributed by atoms with van der Waals surface area (Å²) in [5, 5.41) is 0. The van der Waals surface area contributed by atoms with E-state index in [0.29, 0.717) is 12.0 Å². The zero-order valence-corrected chi connectivity index (χ0v) is 10.0. The molecule has 2 rings (SSSR count). The number of hydrogen-bond donors (Lipinski definition) is 1. The van der Waals surface area contributed by atoms with Crippen LogP contribution in [0.2, 0.25) is 0 Å². The van der Waals surface area contributed by atoms with Crippen LogP contribution in [-0.4, -0.2) is 4.98 Å². The van der Waals surface area contributed by atoms with E-state index in [1.54, 1.807) is 24.5 Å². The van der Waals surface area contributed by atoms with Crippen molar-refractivity contribution in [3.05, 3.63) is 65.5 Å². The third kappa shape index (κ3) is 2.24. The fourth-order valence-corrected chi connectivity index (χ4v) is 2.01. The van der Waals surface area contributed by atoms with E-state index < -0.39 is 17.2 Å². The highest BCUT2D eigenvalue weighted by Gasteiger charge is 2.28. The summed E-state index contributed by atoms with van der Waals surface area (Å²) in [5.74, 6) is -1.26. The molecule has 1 aromatic heterocycles. The number of halogens is 2.